The van der Waals surface area contributed by atoms with Crippen LogP contribution in [0.15, 0.2) is 23.8 Å². The Morgan fingerprint density at radius 2 is 2.09 bits per heavy atom. The normalized spacial score (nSPS) is 45.8. The summed E-state index contributed by atoms with van der Waals surface area (Å²) in [5, 5.41) is 3.21. The highest BCUT2D eigenvalue weighted by molar-refractivity contribution is 5.48. The smallest absolute Gasteiger partial charge is 0.207 e. The Morgan fingerprint density at radius 3 is 2.74 bits per heavy atom. The molecule has 1 N–H and O–H groups in total. The van der Waals surface area contributed by atoms with Crippen LogP contribution in [0.3, 0.4) is 0 Å². The molecule has 3 aliphatic rings. The second-order valence-corrected chi connectivity index (χ2v) is 8.91. The first-order valence-corrected chi connectivity index (χ1v) is 9.41. The molecule has 3 rings (SSSR count). The van der Waals surface area contributed by atoms with E-state index in [1.54, 1.807) is 0 Å². The molecule has 0 unspecified atom stereocenters. The van der Waals surface area contributed by atoms with Crippen LogP contribution in [0.1, 0.15) is 59.8 Å². The largest absolute Gasteiger partial charge is 0.353 e. The van der Waals surface area contributed by atoms with Crippen molar-refractivity contribution in [2.45, 2.75) is 65.3 Å². The Labute approximate surface area is 141 Å². The van der Waals surface area contributed by atoms with Gasteiger partial charge < -0.3 is 5.32 Å². The molecule has 0 bridgehead atoms. The van der Waals surface area contributed by atoms with Gasteiger partial charge in [-0.2, -0.15) is 0 Å². The molecule has 128 valence electrons. The Balaban J connectivity index is 1.99. The third-order valence-electron chi connectivity index (χ3n) is 7.21. The van der Waals surface area contributed by atoms with E-state index in [-0.39, 0.29) is 5.54 Å². The number of nitrogens with one attached hydrogen (secondary N) is 1. The molecule has 3 saturated carbocycles. The predicted octanol–water partition coefficient (Wildman–Crippen LogP) is 4.72. The zero-order valence-electron chi connectivity index (χ0n) is 15.3. The summed E-state index contributed by atoms with van der Waals surface area (Å²) in [5.41, 5.74) is 2.88. The number of carbonyl (C=O) groups excluding carboxylic acids is 1. The van der Waals surface area contributed by atoms with Crippen LogP contribution in [0, 0.1) is 35.5 Å². The standard InChI is InChI=1S/C21H33NO/c1-13(2)10-16-11-15(4)17-8-9-21(5,22-12-23)18-7-6-14(3)19(16)20(17)18/h10,12,15-20H,3,6-9,11H2,1-2,4-5H3,(H,22,23)/t15-,16+,17+,18-,19-,20+,21-/m0/s1. The van der Waals surface area contributed by atoms with Crippen LogP contribution in [0.25, 0.3) is 0 Å². The van der Waals surface area contributed by atoms with Crippen molar-refractivity contribution in [1.29, 1.82) is 0 Å². The van der Waals surface area contributed by atoms with Gasteiger partial charge in [-0.3, -0.25) is 4.79 Å². The summed E-state index contributed by atoms with van der Waals surface area (Å²) >= 11 is 0. The quantitative estimate of drug-likeness (QED) is 0.592. The number of allylic oxidation sites excluding steroid dienone is 3. The SMILES string of the molecule is C=C1CC[C@H]2[C@H]3[C@H](CC[C@]2(C)NC=O)[C@@H](C)C[C@@H](C=C(C)C)[C@H]13. The van der Waals surface area contributed by atoms with Crippen LogP contribution in [0.4, 0.5) is 0 Å². The number of hydrogen-bond donors (Lipinski definition) is 1. The minimum atomic E-state index is -0.0194. The second-order valence-electron chi connectivity index (χ2n) is 8.91. The lowest BCUT2D eigenvalue weighted by Gasteiger charge is -2.60. The second kappa shape index (κ2) is 6.11. The maximum Gasteiger partial charge on any atom is 0.207 e. The summed E-state index contributed by atoms with van der Waals surface area (Å²) < 4.78 is 0. The van der Waals surface area contributed by atoms with Crippen molar-refractivity contribution in [3.63, 3.8) is 0 Å². The Hall–Kier alpha value is -1.05. The molecule has 23 heavy (non-hydrogen) atoms. The summed E-state index contributed by atoms with van der Waals surface area (Å²) in [7, 11) is 0. The van der Waals surface area contributed by atoms with E-state index in [1.807, 2.05) is 0 Å². The van der Waals surface area contributed by atoms with E-state index in [4.69, 9.17) is 0 Å². The fourth-order valence-electron chi connectivity index (χ4n) is 6.29. The molecule has 7 atom stereocenters. The number of carbonyl (C=O) groups is 1. The monoisotopic (exact) mass is 315 g/mol. The highest BCUT2D eigenvalue weighted by Gasteiger charge is 2.55. The minimum Gasteiger partial charge on any atom is -0.353 e. The van der Waals surface area contributed by atoms with Gasteiger partial charge in [0.25, 0.3) is 0 Å². The third-order valence-corrected chi connectivity index (χ3v) is 7.21. The Kier molecular flexibility index (Phi) is 4.46. The third kappa shape index (κ3) is 2.79. The molecule has 0 aromatic carbocycles. The maximum absolute atomic E-state index is 11.2. The van der Waals surface area contributed by atoms with E-state index in [1.165, 1.54) is 30.4 Å². The zero-order valence-corrected chi connectivity index (χ0v) is 15.3. The van der Waals surface area contributed by atoms with E-state index < -0.39 is 0 Å². The fourth-order valence-corrected chi connectivity index (χ4v) is 6.29. The summed E-state index contributed by atoms with van der Waals surface area (Å²) in [6.07, 6.45) is 9.46. The van der Waals surface area contributed by atoms with Crippen molar-refractivity contribution < 1.29 is 4.79 Å². The molecule has 0 aliphatic heterocycles. The lowest BCUT2D eigenvalue weighted by molar-refractivity contribution is -0.115. The fraction of sp³-hybridized carbons (Fsp3) is 0.762. The van der Waals surface area contributed by atoms with E-state index in [0.717, 1.165) is 31.1 Å². The topological polar surface area (TPSA) is 29.1 Å². The molecule has 0 aromatic rings. The molecular weight excluding hydrogens is 282 g/mol. The van der Waals surface area contributed by atoms with Gasteiger partial charge in [-0.1, -0.05) is 30.7 Å². The number of amides is 1. The van der Waals surface area contributed by atoms with Gasteiger partial charge in [0, 0.05) is 5.54 Å². The molecule has 2 nitrogen and oxygen atoms in total. The first-order valence-electron chi connectivity index (χ1n) is 9.41. The van der Waals surface area contributed by atoms with Crippen molar-refractivity contribution >= 4 is 6.41 Å². The lowest BCUT2D eigenvalue weighted by atomic mass is 9.46. The van der Waals surface area contributed by atoms with Gasteiger partial charge in [-0.15, -0.1) is 0 Å². The molecule has 0 aromatic heterocycles. The van der Waals surface area contributed by atoms with Gasteiger partial charge >= 0.3 is 0 Å². The number of rotatable bonds is 3. The molecule has 2 heteroatoms. The van der Waals surface area contributed by atoms with E-state index in [2.05, 4.69) is 45.7 Å². The summed E-state index contributed by atoms with van der Waals surface area (Å²) in [6.45, 7) is 13.7. The van der Waals surface area contributed by atoms with Crippen molar-refractivity contribution in [2.24, 2.45) is 35.5 Å². The zero-order chi connectivity index (χ0) is 16.8. The van der Waals surface area contributed by atoms with Crippen LogP contribution in [-0.4, -0.2) is 11.9 Å². The van der Waals surface area contributed by atoms with Gasteiger partial charge in [0.05, 0.1) is 0 Å². The molecule has 0 spiro atoms. The van der Waals surface area contributed by atoms with Crippen molar-refractivity contribution in [1.82, 2.24) is 5.32 Å². The first-order chi connectivity index (χ1) is 10.9. The van der Waals surface area contributed by atoms with Crippen molar-refractivity contribution in [3.05, 3.63) is 23.8 Å². The van der Waals surface area contributed by atoms with Gasteiger partial charge in [0.15, 0.2) is 0 Å². The van der Waals surface area contributed by atoms with Crippen LogP contribution < -0.4 is 5.32 Å². The molecule has 0 heterocycles. The Morgan fingerprint density at radius 1 is 1.35 bits per heavy atom. The van der Waals surface area contributed by atoms with Gasteiger partial charge in [0.1, 0.15) is 0 Å². The van der Waals surface area contributed by atoms with E-state index in [9.17, 15) is 4.79 Å². The summed E-state index contributed by atoms with van der Waals surface area (Å²) in [5.74, 6) is 4.17. The highest BCUT2D eigenvalue weighted by Crippen LogP contribution is 2.60. The lowest BCUT2D eigenvalue weighted by Crippen LogP contribution is -2.60. The van der Waals surface area contributed by atoms with Crippen LogP contribution >= 0.6 is 0 Å². The first kappa shape index (κ1) is 16.8. The van der Waals surface area contributed by atoms with E-state index >= 15 is 0 Å². The molecule has 1 amide bonds. The number of hydrogen-bond acceptors (Lipinski definition) is 1. The molecule has 3 fully saturated rings. The Bertz CT molecular complexity index is 518. The van der Waals surface area contributed by atoms with Gasteiger partial charge in [0.2, 0.25) is 6.41 Å². The van der Waals surface area contributed by atoms with Crippen LogP contribution in [0.2, 0.25) is 0 Å². The maximum atomic E-state index is 11.2. The summed E-state index contributed by atoms with van der Waals surface area (Å²) in [6, 6.07) is 0. The van der Waals surface area contributed by atoms with Gasteiger partial charge in [-0.25, -0.2) is 0 Å². The van der Waals surface area contributed by atoms with Crippen molar-refractivity contribution in [3.8, 4) is 0 Å². The molecule has 3 aliphatic carbocycles. The van der Waals surface area contributed by atoms with Crippen LogP contribution in [-0.2, 0) is 4.79 Å². The molecule has 0 radical (unpaired) electrons. The average Bonchev–Trinajstić information content (AvgIpc) is 2.45. The van der Waals surface area contributed by atoms with Crippen molar-refractivity contribution in [2.75, 3.05) is 0 Å². The van der Waals surface area contributed by atoms with Crippen LogP contribution in [0.5, 0.6) is 0 Å². The highest BCUT2D eigenvalue weighted by atomic mass is 16.1. The average molecular weight is 316 g/mol. The molecular formula is C21H33NO. The molecule has 0 saturated heterocycles. The van der Waals surface area contributed by atoms with Gasteiger partial charge in [-0.05, 0) is 88.4 Å². The summed E-state index contributed by atoms with van der Waals surface area (Å²) in [4.78, 5) is 11.2. The minimum absolute atomic E-state index is 0.0194. The van der Waals surface area contributed by atoms with E-state index in [0.29, 0.717) is 23.7 Å². The predicted molar refractivity (Wildman–Crippen MR) is 95.9 cm³/mol.